The van der Waals surface area contributed by atoms with Crippen molar-refractivity contribution < 1.29 is 29.0 Å². The first-order valence-electron chi connectivity index (χ1n) is 10.2. The van der Waals surface area contributed by atoms with Crippen LogP contribution in [0.3, 0.4) is 0 Å². The second-order valence-electron chi connectivity index (χ2n) is 7.01. The van der Waals surface area contributed by atoms with Gasteiger partial charge in [-0.15, -0.1) is 6.58 Å². The molecule has 1 saturated heterocycles. The van der Waals surface area contributed by atoms with Crippen LogP contribution in [0.25, 0.3) is 6.08 Å². The Morgan fingerprint density at radius 3 is 2.42 bits per heavy atom. The molecule has 170 valence electrons. The van der Waals surface area contributed by atoms with Crippen LogP contribution < -0.4 is 19.7 Å². The van der Waals surface area contributed by atoms with E-state index in [0.717, 1.165) is 10.5 Å². The van der Waals surface area contributed by atoms with Gasteiger partial charge in [-0.05, 0) is 61.4 Å². The lowest BCUT2D eigenvalue weighted by Crippen LogP contribution is -2.54. The van der Waals surface area contributed by atoms with Crippen molar-refractivity contribution in [2.75, 3.05) is 18.1 Å². The number of ether oxygens (including phenoxy) is 2. The number of nitrogens with one attached hydrogen (secondary N) is 1. The molecule has 8 nitrogen and oxygen atoms in total. The molecular weight excluding hydrogens is 424 g/mol. The minimum absolute atomic E-state index is 0.0209. The number of nitrogens with zero attached hydrogens (tertiary/aromatic N) is 1. The Kier molecular flexibility index (Phi) is 7.30. The second kappa shape index (κ2) is 10.3. The van der Waals surface area contributed by atoms with Crippen LogP contribution in [0.4, 0.5) is 10.5 Å². The molecule has 1 aliphatic heterocycles. The van der Waals surface area contributed by atoms with E-state index in [1.165, 1.54) is 30.3 Å². The highest BCUT2D eigenvalue weighted by Crippen LogP contribution is 2.35. The van der Waals surface area contributed by atoms with Gasteiger partial charge < -0.3 is 14.6 Å². The smallest absolute Gasteiger partial charge is 0.335 e. The molecule has 0 spiro atoms. The number of amides is 4. The number of urea groups is 1. The van der Waals surface area contributed by atoms with E-state index >= 15 is 0 Å². The Morgan fingerprint density at radius 2 is 1.79 bits per heavy atom. The molecule has 2 aromatic carbocycles. The molecule has 3 rings (SSSR count). The molecule has 0 atom stereocenters. The Bertz CT molecular complexity index is 1130. The van der Waals surface area contributed by atoms with Gasteiger partial charge in [0.05, 0.1) is 12.3 Å². The van der Waals surface area contributed by atoms with Gasteiger partial charge in [-0.3, -0.25) is 14.9 Å². The van der Waals surface area contributed by atoms with Crippen molar-refractivity contribution in [3.8, 4) is 17.2 Å². The van der Waals surface area contributed by atoms with Gasteiger partial charge in [-0.25, -0.2) is 9.69 Å². The van der Waals surface area contributed by atoms with Gasteiger partial charge in [-0.2, -0.15) is 0 Å². The molecule has 1 fully saturated rings. The Labute approximate surface area is 191 Å². The summed E-state index contributed by atoms with van der Waals surface area (Å²) in [6, 6.07) is 8.04. The normalized spacial score (nSPS) is 14.8. The SMILES string of the molecule is C=CCOc1c(CC=C)cc(/C=C2\C(=O)NC(=O)N(c3ccc(O)cc3)C2=O)cc1OCC. The van der Waals surface area contributed by atoms with Crippen molar-refractivity contribution >= 4 is 29.6 Å². The number of anilines is 1. The second-order valence-corrected chi connectivity index (χ2v) is 7.01. The molecule has 1 heterocycles. The Morgan fingerprint density at radius 1 is 1.06 bits per heavy atom. The number of barbiturate groups is 1. The van der Waals surface area contributed by atoms with Crippen LogP contribution in [0.2, 0.25) is 0 Å². The lowest BCUT2D eigenvalue weighted by atomic mass is 10.0. The first kappa shape index (κ1) is 23.3. The van der Waals surface area contributed by atoms with Gasteiger partial charge in [0, 0.05) is 5.56 Å². The summed E-state index contributed by atoms with van der Waals surface area (Å²) in [5.74, 6) is -0.646. The number of imide groups is 2. The molecule has 0 aromatic heterocycles. The summed E-state index contributed by atoms with van der Waals surface area (Å²) in [6.07, 6.45) is 5.17. The maximum Gasteiger partial charge on any atom is 0.335 e. The van der Waals surface area contributed by atoms with Crippen LogP contribution in [-0.2, 0) is 16.0 Å². The highest BCUT2D eigenvalue weighted by molar-refractivity contribution is 6.39. The van der Waals surface area contributed by atoms with Crippen LogP contribution in [-0.4, -0.2) is 36.2 Å². The van der Waals surface area contributed by atoms with Gasteiger partial charge >= 0.3 is 6.03 Å². The minimum Gasteiger partial charge on any atom is -0.508 e. The van der Waals surface area contributed by atoms with Gasteiger partial charge in [0.25, 0.3) is 11.8 Å². The fourth-order valence-corrected chi connectivity index (χ4v) is 3.30. The van der Waals surface area contributed by atoms with Crippen LogP contribution in [0, 0.1) is 0 Å². The number of aromatic hydroxyl groups is 1. The molecule has 1 aliphatic rings. The number of hydrogen-bond donors (Lipinski definition) is 2. The van der Waals surface area contributed by atoms with Crippen molar-refractivity contribution in [2.24, 2.45) is 0 Å². The van der Waals surface area contributed by atoms with Crippen molar-refractivity contribution in [3.63, 3.8) is 0 Å². The summed E-state index contributed by atoms with van der Waals surface area (Å²) in [7, 11) is 0. The van der Waals surface area contributed by atoms with E-state index in [1.807, 2.05) is 6.92 Å². The number of allylic oxidation sites excluding steroid dienone is 1. The summed E-state index contributed by atoms with van der Waals surface area (Å²) >= 11 is 0. The topological polar surface area (TPSA) is 105 Å². The zero-order valence-electron chi connectivity index (χ0n) is 18.2. The molecule has 0 bridgehead atoms. The third-order valence-electron chi connectivity index (χ3n) is 4.68. The molecule has 0 unspecified atom stereocenters. The predicted octanol–water partition coefficient (Wildman–Crippen LogP) is 3.75. The van der Waals surface area contributed by atoms with E-state index in [0.29, 0.717) is 30.1 Å². The Balaban J connectivity index is 2.07. The largest absolute Gasteiger partial charge is 0.508 e. The van der Waals surface area contributed by atoms with E-state index in [-0.39, 0.29) is 23.6 Å². The molecular formula is C25H24N2O6. The summed E-state index contributed by atoms with van der Waals surface area (Å²) in [5, 5.41) is 11.7. The fourth-order valence-electron chi connectivity index (χ4n) is 3.30. The number of phenolic OH excluding ortho intramolecular Hbond substituents is 1. The zero-order valence-corrected chi connectivity index (χ0v) is 18.2. The van der Waals surface area contributed by atoms with Crippen LogP contribution in [0.1, 0.15) is 18.1 Å². The van der Waals surface area contributed by atoms with E-state index in [1.54, 1.807) is 24.3 Å². The lowest BCUT2D eigenvalue weighted by Gasteiger charge is -2.26. The van der Waals surface area contributed by atoms with Crippen molar-refractivity contribution in [3.05, 3.63) is 78.4 Å². The van der Waals surface area contributed by atoms with Gasteiger partial charge in [0.2, 0.25) is 0 Å². The molecule has 0 aliphatic carbocycles. The Hall–Kier alpha value is -4.33. The number of carbonyl (C=O) groups is 3. The fraction of sp³-hybridized carbons (Fsp3) is 0.160. The summed E-state index contributed by atoms with van der Waals surface area (Å²) in [4.78, 5) is 38.8. The molecule has 33 heavy (non-hydrogen) atoms. The first-order valence-corrected chi connectivity index (χ1v) is 10.2. The van der Waals surface area contributed by atoms with Gasteiger partial charge in [0.1, 0.15) is 17.9 Å². The first-order chi connectivity index (χ1) is 15.9. The van der Waals surface area contributed by atoms with Crippen molar-refractivity contribution in [1.82, 2.24) is 5.32 Å². The molecule has 0 saturated carbocycles. The van der Waals surface area contributed by atoms with Crippen LogP contribution in [0.5, 0.6) is 17.2 Å². The average molecular weight is 448 g/mol. The van der Waals surface area contributed by atoms with Gasteiger partial charge in [0.15, 0.2) is 11.5 Å². The van der Waals surface area contributed by atoms with Crippen LogP contribution >= 0.6 is 0 Å². The third-order valence-corrected chi connectivity index (χ3v) is 4.68. The molecule has 4 amide bonds. The summed E-state index contributed by atoms with van der Waals surface area (Å²) in [6.45, 7) is 9.90. The monoisotopic (exact) mass is 448 g/mol. The van der Waals surface area contributed by atoms with Crippen molar-refractivity contribution in [2.45, 2.75) is 13.3 Å². The maximum absolute atomic E-state index is 13.1. The molecule has 0 radical (unpaired) electrons. The highest BCUT2D eigenvalue weighted by Gasteiger charge is 2.36. The molecule has 8 heteroatoms. The maximum atomic E-state index is 13.1. The standard InChI is InChI=1S/C25H24N2O6/c1-4-7-17-13-16(15-21(32-6-3)22(17)33-12-5-2)14-20-23(29)26-25(31)27(24(20)30)18-8-10-19(28)11-9-18/h4-5,8-11,13-15,28H,1-2,6-7,12H2,3H3,(H,26,29,31)/b20-14+. The minimum atomic E-state index is -0.872. The van der Waals surface area contributed by atoms with E-state index in [9.17, 15) is 19.5 Å². The number of rotatable bonds is 9. The summed E-state index contributed by atoms with van der Waals surface area (Å²) < 4.78 is 11.5. The van der Waals surface area contributed by atoms with Crippen LogP contribution in [0.15, 0.2) is 67.3 Å². The van der Waals surface area contributed by atoms with E-state index in [2.05, 4.69) is 18.5 Å². The highest BCUT2D eigenvalue weighted by atomic mass is 16.5. The number of carbonyl (C=O) groups excluding carboxylic acids is 3. The summed E-state index contributed by atoms with van der Waals surface area (Å²) in [5.41, 5.74) is 1.25. The zero-order chi connectivity index (χ0) is 24.0. The van der Waals surface area contributed by atoms with E-state index < -0.39 is 17.8 Å². The van der Waals surface area contributed by atoms with Crippen molar-refractivity contribution in [1.29, 1.82) is 0 Å². The number of benzene rings is 2. The molecule has 2 N–H and O–H groups in total. The van der Waals surface area contributed by atoms with E-state index in [4.69, 9.17) is 9.47 Å². The third kappa shape index (κ3) is 5.12. The average Bonchev–Trinajstić information content (AvgIpc) is 2.78. The lowest BCUT2D eigenvalue weighted by molar-refractivity contribution is -0.122. The van der Waals surface area contributed by atoms with Gasteiger partial charge in [-0.1, -0.05) is 18.7 Å². The quantitative estimate of drug-likeness (QED) is 0.344. The molecule has 2 aromatic rings. The number of phenols is 1. The predicted molar refractivity (Wildman–Crippen MR) is 124 cm³/mol. The number of hydrogen-bond acceptors (Lipinski definition) is 6.